The van der Waals surface area contributed by atoms with Crippen molar-refractivity contribution < 1.29 is 23.9 Å². The molecule has 1 saturated heterocycles. The van der Waals surface area contributed by atoms with Gasteiger partial charge in [-0.05, 0) is 26.3 Å². The lowest BCUT2D eigenvalue weighted by Gasteiger charge is -2.38. The van der Waals surface area contributed by atoms with E-state index in [1.54, 1.807) is 21.0 Å². The van der Waals surface area contributed by atoms with Gasteiger partial charge in [0.05, 0.1) is 39.9 Å². The topological polar surface area (TPSA) is 140 Å². The van der Waals surface area contributed by atoms with Crippen LogP contribution in [0.2, 0.25) is 10.0 Å². The normalized spacial score (nSPS) is 18.2. The van der Waals surface area contributed by atoms with E-state index in [0.29, 0.717) is 36.0 Å². The number of carbonyl (C=O) groups excluding carboxylic acids is 3. The summed E-state index contributed by atoms with van der Waals surface area (Å²) in [5, 5.41) is 3.42. The highest BCUT2D eigenvalue weighted by atomic mass is 35.5. The summed E-state index contributed by atoms with van der Waals surface area (Å²) < 4.78 is 10.6. The quantitative estimate of drug-likeness (QED) is 0.498. The number of hydrogen-bond acceptors (Lipinski definition) is 7. The molecule has 0 bridgehead atoms. The molecule has 1 fully saturated rings. The minimum absolute atomic E-state index is 0.0144. The van der Waals surface area contributed by atoms with Crippen LogP contribution in [-0.2, 0) is 9.47 Å². The number of nitrogens with zero attached hydrogens (tertiary/aromatic N) is 2. The Balaban J connectivity index is 1.77. The third-order valence-electron chi connectivity index (χ3n) is 5.43. The Morgan fingerprint density at radius 2 is 2.03 bits per heavy atom. The molecule has 4 N–H and O–H groups in total. The van der Waals surface area contributed by atoms with E-state index in [1.807, 2.05) is 4.90 Å². The number of esters is 1. The number of methoxy groups -OCH3 is 1. The van der Waals surface area contributed by atoms with Gasteiger partial charge in [0.15, 0.2) is 0 Å². The number of primary amides is 1. The number of aryl methyl sites for hydroxylation is 1. The van der Waals surface area contributed by atoms with Gasteiger partial charge in [-0.25, -0.2) is 9.78 Å². The maximum Gasteiger partial charge on any atom is 0.339 e. The predicted octanol–water partition coefficient (Wildman–Crippen LogP) is 2.32. The Morgan fingerprint density at radius 3 is 2.61 bits per heavy atom. The van der Waals surface area contributed by atoms with Crippen molar-refractivity contribution in [1.29, 1.82) is 0 Å². The summed E-state index contributed by atoms with van der Waals surface area (Å²) in [7, 11) is 1.55. The molecule has 2 aromatic heterocycles. The largest absolute Gasteiger partial charge is 0.462 e. The third kappa shape index (κ3) is 5.23. The van der Waals surface area contributed by atoms with Gasteiger partial charge in [0.2, 0.25) is 0 Å². The number of pyridine rings is 1. The second-order valence-electron chi connectivity index (χ2n) is 7.51. The molecule has 1 aliphatic rings. The van der Waals surface area contributed by atoms with Crippen molar-refractivity contribution in [2.45, 2.75) is 32.4 Å². The average Bonchev–Trinajstić information content (AvgIpc) is 3.06. The number of nitrogens with one attached hydrogen (secondary N) is 2. The van der Waals surface area contributed by atoms with Crippen LogP contribution in [0.5, 0.6) is 0 Å². The second kappa shape index (κ2) is 10.4. The minimum atomic E-state index is -0.772. The van der Waals surface area contributed by atoms with Crippen LogP contribution in [-0.4, -0.2) is 66.7 Å². The van der Waals surface area contributed by atoms with Gasteiger partial charge in [-0.15, -0.1) is 0 Å². The Hall–Kier alpha value is -2.82. The number of nitrogens with two attached hydrogens (primary N) is 1. The number of amides is 2. The zero-order valence-electron chi connectivity index (χ0n) is 18.4. The minimum Gasteiger partial charge on any atom is -0.462 e. The summed E-state index contributed by atoms with van der Waals surface area (Å²) in [5.74, 6) is -1.35. The summed E-state index contributed by atoms with van der Waals surface area (Å²) in [5.41, 5.74) is 6.21. The monoisotopic (exact) mass is 497 g/mol. The highest BCUT2D eigenvalue weighted by molar-refractivity contribution is 6.44. The Labute approximate surface area is 200 Å². The molecular weight excluding hydrogens is 473 g/mol. The first-order valence-corrected chi connectivity index (χ1v) is 11.0. The summed E-state index contributed by atoms with van der Waals surface area (Å²) in [4.78, 5) is 45.8. The van der Waals surface area contributed by atoms with E-state index < -0.39 is 11.9 Å². The third-order valence-corrected chi connectivity index (χ3v) is 6.38. The fourth-order valence-corrected chi connectivity index (χ4v) is 4.11. The summed E-state index contributed by atoms with van der Waals surface area (Å²) in [6.45, 7) is 4.44. The lowest BCUT2D eigenvalue weighted by molar-refractivity contribution is 0.0519. The molecule has 2 atom stereocenters. The summed E-state index contributed by atoms with van der Waals surface area (Å²) in [6.07, 6.45) is 1.42. The molecule has 10 nitrogen and oxygen atoms in total. The Morgan fingerprint density at radius 1 is 1.30 bits per heavy atom. The van der Waals surface area contributed by atoms with Gasteiger partial charge in [-0.2, -0.15) is 0 Å². The summed E-state index contributed by atoms with van der Waals surface area (Å²) >= 11 is 12.2. The van der Waals surface area contributed by atoms with Gasteiger partial charge in [-0.1, -0.05) is 23.2 Å². The van der Waals surface area contributed by atoms with Gasteiger partial charge in [0.1, 0.15) is 11.5 Å². The standard InChI is InChI=1S/C21H25Cl2N5O5/c1-4-33-21(31)11-7-15(25-8-12(11)19(24)29)28-6-5-13(14(9-28)32-3)27-20(30)18-17(23)16(22)10(2)26-18/h7-8,13-14,26H,4-6,9H2,1-3H3,(H2,24,29)(H,27,30)/t13-,14+/m1/s1. The van der Waals surface area contributed by atoms with Crippen molar-refractivity contribution in [3.05, 3.63) is 44.8 Å². The molecule has 0 aromatic carbocycles. The van der Waals surface area contributed by atoms with Gasteiger partial charge < -0.3 is 30.4 Å². The van der Waals surface area contributed by atoms with E-state index in [0.717, 1.165) is 0 Å². The van der Waals surface area contributed by atoms with E-state index in [1.165, 1.54) is 12.3 Å². The molecule has 0 radical (unpaired) electrons. The van der Waals surface area contributed by atoms with E-state index in [4.69, 9.17) is 38.4 Å². The van der Waals surface area contributed by atoms with Gasteiger partial charge in [0.25, 0.3) is 11.8 Å². The first-order valence-electron chi connectivity index (χ1n) is 10.3. The zero-order valence-corrected chi connectivity index (χ0v) is 19.9. The van der Waals surface area contributed by atoms with Crippen molar-refractivity contribution in [2.24, 2.45) is 5.73 Å². The highest BCUT2D eigenvalue weighted by Crippen LogP contribution is 2.29. The van der Waals surface area contributed by atoms with Crippen LogP contribution in [0, 0.1) is 6.92 Å². The van der Waals surface area contributed by atoms with E-state index in [2.05, 4.69) is 15.3 Å². The van der Waals surface area contributed by atoms with E-state index in [9.17, 15) is 14.4 Å². The molecule has 1 aliphatic heterocycles. The molecule has 0 spiro atoms. The first-order chi connectivity index (χ1) is 15.7. The van der Waals surface area contributed by atoms with Gasteiger partial charge >= 0.3 is 5.97 Å². The number of halogens is 2. The molecular formula is C21H25Cl2N5O5. The fourth-order valence-electron chi connectivity index (χ4n) is 3.69. The number of aromatic nitrogens is 2. The molecule has 2 aromatic rings. The van der Waals surface area contributed by atoms with Crippen molar-refractivity contribution in [1.82, 2.24) is 15.3 Å². The predicted molar refractivity (Wildman–Crippen MR) is 123 cm³/mol. The Bertz CT molecular complexity index is 1070. The smallest absolute Gasteiger partial charge is 0.339 e. The number of hydrogen-bond donors (Lipinski definition) is 3. The summed E-state index contributed by atoms with van der Waals surface area (Å²) in [6, 6.07) is 1.18. The fraction of sp³-hybridized carbons (Fsp3) is 0.429. The number of anilines is 1. The van der Waals surface area contributed by atoms with Crippen molar-refractivity contribution in [3.63, 3.8) is 0 Å². The molecule has 12 heteroatoms. The van der Waals surface area contributed by atoms with Crippen LogP contribution in [0.15, 0.2) is 12.3 Å². The number of piperidine rings is 1. The van der Waals surface area contributed by atoms with Crippen molar-refractivity contribution >= 4 is 46.8 Å². The molecule has 3 heterocycles. The zero-order chi connectivity index (χ0) is 24.3. The van der Waals surface area contributed by atoms with Crippen molar-refractivity contribution in [3.8, 4) is 0 Å². The van der Waals surface area contributed by atoms with Crippen LogP contribution in [0.25, 0.3) is 0 Å². The van der Waals surface area contributed by atoms with E-state index >= 15 is 0 Å². The number of H-pyrrole nitrogens is 1. The first kappa shape index (κ1) is 24.8. The lowest BCUT2D eigenvalue weighted by Crippen LogP contribution is -2.55. The van der Waals surface area contributed by atoms with Crippen LogP contribution in [0.4, 0.5) is 5.82 Å². The molecule has 3 rings (SSSR count). The molecule has 0 unspecified atom stereocenters. The number of carbonyl (C=O) groups is 3. The second-order valence-corrected chi connectivity index (χ2v) is 8.27. The Kier molecular flexibility index (Phi) is 7.83. The van der Waals surface area contributed by atoms with Crippen LogP contribution in [0.3, 0.4) is 0 Å². The highest BCUT2D eigenvalue weighted by Gasteiger charge is 2.33. The maximum absolute atomic E-state index is 12.7. The van der Waals surface area contributed by atoms with Crippen LogP contribution in [0.1, 0.15) is 50.2 Å². The van der Waals surface area contributed by atoms with Crippen LogP contribution < -0.4 is 16.0 Å². The maximum atomic E-state index is 12.7. The van der Waals surface area contributed by atoms with Gasteiger partial charge in [-0.3, -0.25) is 9.59 Å². The number of rotatable bonds is 7. The average molecular weight is 498 g/mol. The number of aromatic amines is 1. The molecule has 0 saturated carbocycles. The molecule has 2 amide bonds. The van der Waals surface area contributed by atoms with Gasteiger partial charge in [0, 0.05) is 32.1 Å². The molecule has 178 valence electrons. The molecule has 0 aliphatic carbocycles. The van der Waals surface area contributed by atoms with E-state index in [-0.39, 0.29) is 46.5 Å². The molecule has 33 heavy (non-hydrogen) atoms. The SMILES string of the molecule is CCOC(=O)c1cc(N2CC[C@@H](NC(=O)c3[nH]c(C)c(Cl)c3Cl)[C@@H](OC)C2)ncc1C(N)=O. The lowest BCUT2D eigenvalue weighted by atomic mass is 10.0. The van der Waals surface area contributed by atoms with Crippen LogP contribution >= 0.6 is 23.2 Å². The number of ether oxygens (including phenoxy) is 2. The van der Waals surface area contributed by atoms with Crippen molar-refractivity contribution in [2.75, 3.05) is 31.7 Å².